The summed E-state index contributed by atoms with van der Waals surface area (Å²) in [5.74, 6) is -0.629. The Kier molecular flexibility index (Phi) is 4.59. The van der Waals surface area contributed by atoms with E-state index < -0.39 is 17.7 Å². The van der Waals surface area contributed by atoms with Crippen molar-refractivity contribution in [3.05, 3.63) is 77.3 Å². The lowest BCUT2D eigenvalue weighted by molar-refractivity contribution is -0.132. The van der Waals surface area contributed by atoms with Gasteiger partial charge in [0.1, 0.15) is 17.3 Å². The van der Waals surface area contributed by atoms with Crippen molar-refractivity contribution in [2.24, 2.45) is 0 Å². The van der Waals surface area contributed by atoms with Crippen molar-refractivity contribution in [3.8, 4) is 5.75 Å². The van der Waals surface area contributed by atoms with Crippen LogP contribution >= 0.6 is 0 Å². The number of hydrogen-bond acceptors (Lipinski definition) is 7. The molecule has 146 valence electrons. The zero-order valence-corrected chi connectivity index (χ0v) is 15.7. The summed E-state index contributed by atoms with van der Waals surface area (Å²) in [6, 6.07) is 10.6. The average Bonchev–Trinajstić information content (AvgIpc) is 3.29. The molecule has 0 radical (unpaired) electrons. The number of rotatable bonds is 4. The number of nitrogens with zero attached hydrogens (tertiary/aromatic N) is 3. The molecule has 1 aromatic carbocycles. The van der Waals surface area contributed by atoms with E-state index in [0.29, 0.717) is 22.6 Å². The number of amides is 1. The fourth-order valence-corrected chi connectivity index (χ4v) is 3.29. The van der Waals surface area contributed by atoms with Gasteiger partial charge in [0.15, 0.2) is 5.82 Å². The maximum absolute atomic E-state index is 12.9. The van der Waals surface area contributed by atoms with Crippen molar-refractivity contribution in [1.82, 2.24) is 10.1 Å². The highest BCUT2D eigenvalue weighted by Gasteiger charge is 2.48. The van der Waals surface area contributed by atoms with Crippen molar-refractivity contribution in [3.63, 3.8) is 0 Å². The van der Waals surface area contributed by atoms with Gasteiger partial charge in [0.05, 0.1) is 18.7 Å². The summed E-state index contributed by atoms with van der Waals surface area (Å²) < 4.78 is 10.2. The van der Waals surface area contributed by atoms with Gasteiger partial charge in [-0.3, -0.25) is 19.5 Å². The van der Waals surface area contributed by atoms with Crippen LogP contribution in [0.1, 0.15) is 22.9 Å². The molecule has 1 N–H and O–H groups in total. The van der Waals surface area contributed by atoms with Gasteiger partial charge < -0.3 is 14.4 Å². The number of carbonyl (C=O) groups is 2. The molecule has 1 fully saturated rings. The summed E-state index contributed by atoms with van der Waals surface area (Å²) in [4.78, 5) is 31.1. The van der Waals surface area contributed by atoms with Crippen LogP contribution in [0.3, 0.4) is 0 Å². The quantitative estimate of drug-likeness (QED) is 0.414. The molecular weight excluding hydrogens is 374 g/mol. The number of methoxy groups -OCH3 is 1. The fraction of sp³-hybridized carbons (Fsp3) is 0.143. The molecule has 1 amide bonds. The lowest BCUT2D eigenvalue weighted by Crippen LogP contribution is -2.29. The third kappa shape index (κ3) is 3.14. The van der Waals surface area contributed by atoms with Crippen LogP contribution in [0.15, 0.2) is 65.0 Å². The molecule has 1 atom stereocenters. The predicted molar refractivity (Wildman–Crippen MR) is 103 cm³/mol. The number of ether oxygens (including phenoxy) is 1. The van der Waals surface area contributed by atoms with Crippen molar-refractivity contribution in [2.45, 2.75) is 13.0 Å². The van der Waals surface area contributed by atoms with Crippen LogP contribution in [0.5, 0.6) is 5.75 Å². The van der Waals surface area contributed by atoms with Crippen molar-refractivity contribution < 1.29 is 24.0 Å². The molecule has 29 heavy (non-hydrogen) atoms. The predicted octanol–water partition coefficient (Wildman–Crippen LogP) is 3.01. The van der Waals surface area contributed by atoms with Gasteiger partial charge >= 0.3 is 5.91 Å². The van der Waals surface area contributed by atoms with E-state index in [1.54, 1.807) is 55.6 Å². The van der Waals surface area contributed by atoms with Gasteiger partial charge in [0, 0.05) is 24.0 Å². The van der Waals surface area contributed by atoms with Crippen molar-refractivity contribution in [1.29, 1.82) is 0 Å². The van der Waals surface area contributed by atoms with E-state index in [1.165, 1.54) is 18.2 Å². The third-order valence-corrected chi connectivity index (χ3v) is 4.67. The van der Waals surface area contributed by atoms with E-state index in [1.807, 2.05) is 0 Å². The molecule has 0 spiro atoms. The number of anilines is 1. The summed E-state index contributed by atoms with van der Waals surface area (Å²) in [6.07, 6.45) is 3.12. The summed E-state index contributed by atoms with van der Waals surface area (Å²) >= 11 is 0. The smallest absolute Gasteiger partial charge is 0.301 e. The maximum atomic E-state index is 12.9. The minimum absolute atomic E-state index is 0.0474. The minimum Gasteiger partial charge on any atom is -0.507 e. The SMILES string of the molecule is COc1ccc(/C(O)=C2\C(=O)C(=O)N(c3cc(C)on3)C2c2cccnc2)cc1. The van der Waals surface area contributed by atoms with E-state index in [4.69, 9.17) is 9.26 Å². The molecule has 1 unspecified atom stereocenters. The molecule has 8 heteroatoms. The fourth-order valence-electron chi connectivity index (χ4n) is 3.29. The Labute approximate surface area is 166 Å². The van der Waals surface area contributed by atoms with Crippen molar-refractivity contribution >= 4 is 23.3 Å². The third-order valence-electron chi connectivity index (χ3n) is 4.67. The highest BCUT2D eigenvalue weighted by atomic mass is 16.5. The Morgan fingerprint density at radius 3 is 2.55 bits per heavy atom. The standard InChI is InChI=1S/C21H17N3O5/c1-12-10-16(23-29-12)24-18(14-4-3-9-22-11-14)17(20(26)21(24)27)19(25)13-5-7-15(28-2)8-6-13/h3-11,18,25H,1-2H3/b19-17+. The van der Waals surface area contributed by atoms with Crippen LogP contribution in [0, 0.1) is 6.92 Å². The van der Waals surface area contributed by atoms with E-state index in [0.717, 1.165) is 0 Å². The second kappa shape index (κ2) is 7.23. The highest BCUT2D eigenvalue weighted by molar-refractivity contribution is 6.51. The monoisotopic (exact) mass is 391 g/mol. The minimum atomic E-state index is -0.893. The first-order valence-electron chi connectivity index (χ1n) is 8.80. The van der Waals surface area contributed by atoms with Crippen LogP contribution in [0.4, 0.5) is 5.82 Å². The first-order chi connectivity index (χ1) is 14.0. The topological polar surface area (TPSA) is 106 Å². The molecule has 0 saturated carbocycles. The maximum Gasteiger partial charge on any atom is 0.301 e. The lowest BCUT2D eigenvalue weighted by atomic mass is 9.96. The first kappa shape index (κ1) is 18.4. The largest absolute Gasteiger partial charge is 0.507 e. The molecule has 1 saturated heterocycles. The number of carbonyl (C=O) groups excluding carboxylic acids is 2. The Bertz CT molecular complexity index is 1100. The average molecular weight is 391 g/mol. The molecule has 2 aromatic heterocycles. The molecule has 3 aromatic rings. The Morgan fingerprint density at radius 1 is 1.21 bits per heavy atom. The summed E-state index contributed by atoms with van der Waals surface area (Å²) in [5, 5.41) is 14.8. The first-order valence-corrected chi connectivity index (χ1v) is 8.80. The Balaban J connectivity index is 1.90. The number of aromatic nitrogens is 2. The number of aryl methyl sites for hydroxylation is 1. The van der Waals surface area contributed by atoms with Crippen LogP contribution in [0.25, 0.3) is 5.76 Å². The number of aliphatic hydroxyl groups excluding tert-OH is 1. The second-order valence-electron chi connectivity index (χ2n) is 6.48. The van der Waals surface area contributed by atoms with Gasteiger partial charge in [-0.05, 0) is 42.8 Å². The Morgan fingerprint density at radius 2 is 1.97 bits per heavy atom. The lowest BCUT2D eigenvalue weighted by Gasteiger charge is -2.22. The molecular formula is C21H17N3O5. The summed E-state index contributed by atoms with van der Waals surface area (Å²) in [5.41, 5.74) is 0.894. The van der Waals surface area contributed by atoms with Gasteiger partial charge in [-0.1, -0.05) is 11.2 Å². The number of hydrogen-bond donors (Lipinski definition) is 1. The molecule has 8 nitrogen and oxygen atoms in total. The summed E-state index contributed by atoms with van der Waals surface area (Å²) in [7, 11) is 1.53. The van der Waals surface area contributed by atoms with Crippen molar-refractivity contribution in [2.75, 3.05) is 12.0 Å². The van der Waals surface area contributed by atoms with E-state index in [-0.39, 0.29) is 17.2 Å². The van der Waals surface area contributed by atoms with Gasteiger partial charge in [0.2, 0.25) is 0 Å². The molecule has 1 aliphatic heterocycles. The molecule has 1 aliphatic rings. The highest BCUT2D eigenvalue weighted by Crippen LogP contribution is 2.41. The number of Topliss-reactive ketones (excluding diaryl/α,β-unsaturated/α-hetero) is 1. The van der Waals surface area contributed by atoms with E-state index in [9.17, 15) is 14.7 Å². The molecule has 0 bridgehead atoms. The van der Waals surface area contributed by atoms with E-state index in [2.05, 4.69) is 10.1 Å². The number of pyridine rings is 1. The molecule has 4 rings (SSSR count). The Hall–Kier alpha value is -3.94. The van der Waals surface area contributed by atoms with Crippen LogP contribution in [0.2, 0.25) is 0 Å². The van der Waals surface area contributed by atoms with E-state index >= 15 is 0 Å². The zero-order chi connectivity index (χ0) is 20.5. The van der Waals surface area contributed by atoms with Gasteiger partial charge in [-0.25, -0.2) is 0 Å². The number of aliphatic hydroxyl groups is 1. The summed E-state index contributed by atoms with van der Waals surface area (Å²) in [6.45, 7) is 1.68. The number of benzene rings is 1. The van der Waals surface area contributed by atoms with Gasteiger partial charge in [-0.2, -0.15) is 0 Å². The molecule has 3 heterocycles. The van der Waals surface area contributed by atoms with Crippen LogP contribution in [-0.4, -0.2) is 34.0 Å². The number of ketones is 1. The molecule has 0 aliphatic carbocycles. The normalized spacial score (nSPS) is 18.3. The van der Waals surface area contributed by atoms with Gasteiger partial charge in [-0.15, -0.1) is 0 Å². The van der Waals surface area contributed by atoms with Crippen LogP contribution < -0.4 is 9.64 Å². The zero-order valence-electron chi connectivity index (χ0n) is 15.7. The van der Waals surface area contributed by atoms with Crippen LogP contribution in [-0.2, 0) is 9.59 Å². The second-order valence-corrected chi connectivity index (χ2v) is 6.48. The van der Waals surface area contributed by atoms with Gasteiger partial charge in [0.25, 0.3) is 5.78 Å².